The molecule has 0 aliphatic heterocycles. The zero-order valence-electron chi connectivity index (χ0n) is 16.6. The summed E-state index contributed by atoms with van der Waals surface area (Å²) in [4.78, 5) is 11.6. The van der Waals surface area contributed by atoms with Gasteiger partial charge in [0.15, 0.2) is 5.12 Å². The summed E-state index contributed by atoms with van der Waals surface area (Å²) in [5.41, 5.74) is -1.23. The van der Waals surface area contributed by atoms with Crippen LogP contribution < -0.4 is 0 Å². The maximum Gasteiger partial charge on any atom is 0.191 e. The first-order valence-electron chi connectivity index (χ1n) is 10.4. The van der Waals surface area contributed by atoms with Crippen LogP contribution in [0, 0.1) is 0 Å². The van der Waals surface area contributed by atoms with Crippen LogP contribution in [-0.2, 0) is 4.79 Å². The van der Waals surface area contributed by atoms with E-state index in [4.69, 9.17) is 5.11 Å². The molecule has 0 radical (unpaired) electrons. The van der Waals surface area contributed by atoms with E-state index in [2.05, 4.69) is 19.1 Å². The van der Waals surface area contributed by atoms with Crippen molar-refractivity contribution in [1.29, 1.82) is 0 Å². The summed E-state index contributed by atoms with van der Waals surface area (Å²) in [6.45, 7) is 1.72. The molecule has 3 N–H and O–H groups in total. The van der Waals surface area contributed by atoms with Gasteiger partial charge in [0.05, 0.1) is 6.61 Å². The fourth-order valence-corrected chi connectivity index (χ4v) is 3.48. The van der Waals surface area contributed by atoms with Crippen LogP contribution in [0.5, 0.6) is 0 Å². The summed E-state index contributed by atoms with van der Waals surface area (Å²) in [6.07, 6.45) is 19.6. The Morgan fingerprint density at radius 3 is 1.88 bits per heavy atom. The van der Waals surface area contributed by atoms with Crippen molar-refractivity contribution in [2.75, 3.05) is 6.61 Å². The molecule has 0 amide bonds. The van der Waals surface area contributed by atoms with Crippen LogP contribution in [0.15, 0.2) is 12.2 Å². The van der Waals surface area contributed by atoms with E-state index in [-0.39, 0.29) is 5.12 Å². The van der Waals surface area contributed by atoms with Crippen molar-refractivity contribution in [2.45, 2.75) is 108 Å². The maximum absolute atomic E-state index is 11.6. The summed E-state index contributed by atoms with van der Waals surface area (Å²) in [6, 6.07) is 0. The van der Waals surface area contributed by atoms with Gasteiger partial charge in [0, 0.05) is 6.42 Å². The van der Waals surface area contributed by atoms with Gasteiger partial charge < -0.3 is 15.3 Å². The minimum absolute atomic E-state index is 0.123. The molecular weight excluding hydrogens is 348 g/mol. The molecular formula is C21H40O4S. The number of carbonyl (C=O) groups is 1. The molecule has 0 rings (SSSR count). The van der Waals surface area contributed by atoms with Gasteiger partial charge >= 0.3 is 0 Å². The van der Waals surface area contributed by atoms with Crippen LogP contribution in [0.3, 0.4) is 0 Å². The fourth-order valence-electron chi connectivity index (χ4n) is 2.70. The van der Waals surface area contributed by atoms with Gasteiger partial charge in [-0.2, -0.15) is 0 Å². The van der Waals surface area contributed by atoms with Gasteiger partial charge in [-0.15, -0.1) is 0 Å². The molecule has 0 aromatic carbocycles. The molecule has 5 heteroatoms. The summed E-state index contributed by atoms with van der Waals surface area (Å²) in [7, 11) is 0. The van der Waals surface area contributed by atoms with E-state index in [0.29, 0.717) is 18.2 Å². The highest BCUT2D eigenvalue weighted by atomic mass is 32.2. The predicted molar refractivity (Wildman–Crippen MR) is 111 cm³/mol. The van der Waals surface area contributed by atoms with Crippen molar-refractivity contribution < 1.29 is 20.1 Å². The van der Waals surface area contributed by atoms with Gasteiger partial charge in [0.25, 0.3) is 0 Å². The largest absolute Gasteiger partial charge is 0.394 e. The van der Waals surface area contributed by atoms with Crippen molar-refractivity contribution in [3.8, 4) is 0 Å². The predicted octanol–water partition coefficient (Wildman–Crippen LogP) is 4.96. The Morgan fingerprint density at radius 2 is 1.35 bits per heavy atom. The Morgan fingerprint density at radius 1 is 0.846 bits per heavy atom. The van der Waals surface area contributed by atoms with E-state index in [1.807, 2.05) is 0 Å². The van der Waals surface area contributed by atoms with Gasteiger partial charge in [-0.05, 0) is 32.1 Å². The van der Waals surface area contributed by atoms with Crippen molar-refractivity contribution >= 4 is 16.9 Å². The number of unbranched alkanes of at least 4 members (excludes halogenated alkanes) is 11. The first-order valence-corrected chi connectivity index (χ1v) is 11.3. The van der Waals surface area contributed by atoms with E-state index >= 15 is 0 Å². The number of hydrogen-bond acceptors (Lipinski definition) is 5. The number of aliphatic hydroxyl groups is 3. The lowest BCUT2D eigenvalue weighted by Gasteiger charge is -2.13. The lowest BCUT2D eigenvalue weighted by atomic mass is 10.1. The standard InChI is InChI=1S/C21H40O4S/c1-2-3-4-5-6-7-8-9-10-11-12-13-14-15-16-17-20(24)26-21(25)19(23)18-22/h9-10,19,21-23,25H,2-8,11-18H2,1H3. The van der Waals surface area contributed by atoms with Gasteiger partial charge in [0.2, 0.25) is 0 Å². The third-order valence-corrected chi connectivity index (χ3v) is 5.43. The number of thioether (sulfide) groups is 1. The quantitative estimate of drug-likeness (QED) is 0.176. The number of aliphatic hydroxyl groups excluding tert-OH is 3. The van der Waals surface area contributed by atoms with Crippen molar-refractivity contribution in [2.24, 2.45) is 0 Å². The van der Waals surface area contributed by atoms with Gasteiger partial charge in [0.1, 0.15) is 11.5 Å². The van der Waals surface area contributed by atoms with Crippen LogP contribution >= 0.6 is 11.8 Å². The molecule has 0 aromatic heterocycles. The zero-order chi connectivity index (χ0) is 19.5. The first kappa shape index (κ1) is 25.6. The average molecular weight is 389 g/mol. The summed E-state index contributed by atoms with van der Waals surface area (Å²) in [5.74, 6) is 0. The highest BCUT2D eigenvalue weighted by molar-refractivity contribution is 8.14. The molecule has 0 heterocycles. The lowest BCUT2D eigenvalue weighted by molar-refractivity contribution is -0.111. The third kappa shape index (κ3) is 17.1. The molecule has 0 aromatic rings. The second-order valence-corrected chi connectivity index (χ2v) is 8.14. The van der Waals surface area contributed by atoms with Crippen molar-refractivity contribution in [3.05, 3.63) is 12.2 Å². The van der Waals surface area contributed by atoms with Gasteiger partial charge in [-0.25, -0.2) is 0 Å². The molecule has 26 heavy (non-hydrogen) atoms. The van der Waals surface area contributed by atoms with Gasteiger partial charge in [-0.3, -0.25) is 4.79 Å². The molecule has 0 saturated heterocycles. The molecule has 0 bridgehead atoms. The highest BCUT2D eigenvalue weighted by Crippen LogP contribution is 2.17. The Hall–Kier alpha value is -0.360. The number of hydrogen-bond donors (Lipinski definition) is 3. The Kier molecular flexibility index (Phi) is 19.1. The topological polar surface area (TPSA) is 77.8 Å². The number of rotatable bonds is 18. The maximum atomic E-state index is 11.6. The van der Waals surface area contributed by atoms with E-state index in [1.165, 1.54) is 57.8 Å². The van der Waals surface area contributed by atoms with Gasteiger partial charge in [-0.1, -0.05) is 82.2 Å². The monoisotopic (exact) mass is 388 g/mol. The van der Waals surface area contributed by atoms with Crippen LogP contribution in [0.2, 0.25) is 0 Å². The highest BCUT2D eigenvalue weighted by Gasteiger charge is 2.19. The SMILES string of the molecule is CCCCCCCCC=CCCCCCCCC(=O)SC(O)C(O)CO. The second-order valence-electron chi connectivity index (χ2n) is 6.96. The normalized spacial score (nSPS) is 14.0. The lowest BCUT2D eigenvalue weighted by Crippen LogP contribution is -2.27. The summed E-state index contributed by atoms with van der Waals surface area (Å²) in [5, 5.41) is 27.2. The number of allylic oxidation sites excluding steroid dienone is 2. The summed E-state index contributed by atoms with van der Waals surface area (Å²) >= 11 is 0.716. The Bertz CT molecular complexity index is 347. The minimum Gasteiger partial charge on any atom is -0.394 e. The average Bonchev–Trinajstić information content (AvgIpc) is 2.64. The molecule has 0 spiro atoms. The van der Waals surface area contributed by atoms with E-state index in [1.54, 1.807) is 0 Å². The molecule has 0 aliphatic carbocycles. The molecule has 2 unspecified atom stereocenters. The van der Waals surface area contributed by atoms with E-state index in [9.17, 15) is 15.0 Å². The Balaban J connectivity index is 3.33. The molecule has 154 valence electrons. The van der Waals surface area contributed by atoms with Crippen LogP contribution in [0.1, 0.15) is 96.8 Å². The smallest absolute Gasteiger partial charge is 0.191 e. The summed E-state index contributed by atoms with van der Waals surface area (Å²) < 4.78 is 0. The van der Waals surface area contributed by atoms with E-state index in [0.717, 1.165) is 25.7 Å². The van der Waals surface area contributed by atoms with Crippen molar-refractivity contribution in [3.63, 3.8) is 0 Å². The first-order chi connectivity index (χ1) is 12.6. The van der Waals surface area contributed by atoms with Crippen molar-refractivity contribution in [1.82, 2.24) is 0 Å². The molecule has 0 aliphatic rings. The molecule has 2 atom stereocenters. The second kappa shape index (κ2) is 19.4. The Labute approximate surface area is 164 Å². The third-order valence-electron chi connectivity index (χ3n) is 4.41. The molecule has 0 fully saturated rings. The number of carbonyl (C=O) groups excluding carboxylic acids is 1. The van der Waals surface area contributed by atoms with E-state index < -0.39 is 18.1 Å². The molecule has 4 nitrogen and oxygen atoms in total. The molecule has 0 saturated carbocycles. The minimum atomic E-state index is -1.25. The fraction of sp³-hybridized carbons (Fsp3) is 0.857. The van der Waals surface area contributed by atoms with Crippen LogP contribution in [0.4, 0.5) is 0 Å². The van der Waals surface area contributed by atoms with Crippen LogP contribution in [-0.4, -0.2) is 38.6 Å². The zero-order valence-corrected chi connectivity index (χ0v) is 17.4. The van der Waals surface area contributed by atoms with Crippen LogP contribution in [0.25, 0.3) is 0 Å².